The highest BCUT2D eigenvalue weighted by Crippen LogP contribution is 2.23. The van der Waals surface area contributed by atoms with E-state index < -0.39 is 0 Å². The van der Waals surface area contributed by atoms with Crippen LogP contribution in [0.5, 0.6) is 0 Å². The number of rotatable bonds is 2. The van der Waals surface area contributed by atoms with E-state index in [1.165, 1.54) is 6.20 Å². The van der Waals surface area contributed by atoms with Gasteiger partial charge in [-0.2, -0.15) is 5.26 Å². The Hall–Kier alpha value is -1.45. The molecule has 1 aromatic rings. The van der Waals surface area contributed by atoms with Crippen LogP contribution in [-0.4, -0.2) is 45.9 Å². The van der Waals surface area contributed by atoms with E-state index in [0.717, 1.165) is 0 Å². The number of ether oxygens (including phenoxy) is 1. The van der Waals surface area contributed by atoms with Crippen molar-refractivity contribution < 1.29 is 9.53 Å². The molecule has 20 heavy (non-hydrogen) atoms. The molecular formula is C14H16BrN3O2. The van der Waals surface area contributed by atoms with Crippen LogP contribution in [-0.2, 0) is 4.74 Å². The van der Waals surface area contributed by atoms with Crippen molar-refractivity contribution in [3.05, 3.63) is 29.6 Å². The van der Waals surface area contributed by atoms with E-state index in [4.69, 9.17) is 10.00 Å². The summed E-state index contributed by atoms with van der Waals surface area (Å²) in [5.74, 6) is -0.128. The van der Waals surface area contributed by atoms with Crippen LogP contribution in [0.4, 0.5) is 0 Å². The Balaban J connectivity index is 2.17. The molecule has 2 heterocycles. The molecule has 1 atom stereocenters. The molecular weight excluding hydrogens is 322 g/mol. The molecule has 1 amide bonds. The van der Waals surface area contributed by atoms with Crippen LogP contribution in [0, 0.1) is 11.3 Å². The van der Waals surface area contributed by atoms with Gasteiger partial charge in [-0.15, -0.1) is 0 Å². The highest BCUT2D eigenvalue weighted by atomic mass is 79.9. The summed E-state index contributed by atoms with van der Waals surface area (Å²) in [4.78, 5) is 18.3. The number of carbonyl (C=O) groups is 1. The van der Waals surface area contributed by atoms with Gasteiger partial charge in [-0.3, -0.25) is 4.79 Å². The molecule has 0 bridgehead atoms. The van der Waals surface area contributed by atoms with Crippen molar-refractivity contribution in [1.82, 2.24) is 9.88 Å². The third kappa shape index (κ3) is 3.35. The summed E-state index contributed by atoms with van der Waals surface area (Å²) < 4.78 is 5.87. The Morgan fingerprint density at radius 2 is 2.40 bits per heavy atom. The molecule has 0 radical (unpaired) electrons. The van der Waals surface area contributed by atoms with Crippen molar-refractivity contribution in [2.45, 2.75) is 25.6 Å². The van der Waals surface area contributed by atoms with Gasteiger partial charge < -0.3 is 9.64 Å². The normalized spacial score (nSPS) is 21.3. The first-order valence-corrected chi connectivity index (χ1v) is 7.46. The zero-order valence-electron chi connectivity index (χ0n) is 11.5. The second kappa shape index (κ2) is 5.90. The third-order valence-corrected chi connectivity index (χ3v) is 3.77. The number of halogens is 1. The van der Waals surface area contributed by atoms with Crippen molar-refractivity contribution in [3.63, 3.8) is 0 Å². The number of amides is 1. The summed E-state index contributed by atoms with van der Waals surface area (Å²) in [7, 11) is 0. The summed E-state index contributed by atoms with van der Waals surface area (Å²) in [5.41, 5.74) is 0.427. The molecule has 0 N–H and O–H groups in total. The molecule has 1 aliphatic rings. The average molecular weight is 338 g/mol. The van der Waals surface area contributed by atoms with Crippen molar-refractivity contribution in [2.75, 3.05) is 18.4 Å². The molecule has 0 aliphatic carbocycles. The lowest BCUT2D eigenvalue weighted by atomic mass is 10.1. The van der Waals surface area contributed by atoms with E-state index in [9.17, 15) is 4.79 Å². The Bertz CT molecular complexity index is 536. The summed E-state index contributed by atoms with van der Waals surface area (Å²) in [6.07, 6.45) is 1.39. The van der Waals surface area contributed by atoms with Crippen LogP contribution >= 0.6 is 15.9 Å². The number of alkyl halides is 1. The summed E-state index contributed by atoms with van der Waals surface area (Å²) in [5, 5.41) is 9.43. The molecule has 1 saturated heterocycles. The lowest BCUT2D eigenvalue weighted by Gasteiger charge is -2.42. The number of nitriles is 1. The first-order chi connectivity index (χ1) is 9.45. The van der Waals surface area contributed by atoms with Crippen LogP contribution in [0.1, 0.15) is 29.9 Å². The van der Waals surface area contributed by atoms with E-state index in [2.05, 4.69) is 20.9 Å². The van der Waals surface area contributed by atoms with Crippen molar-refractivity contribution in [3.8, 4) is 6.07 Å². The molecule has 6 heteroatoms. The number of carbonyl (C=O) groups excluding carboxylic acids is 1. The maximum Gasteiger partial charge on any atom is 0.272 e. The number of pyridine rings is 1. The summed E-state index contributed by atoms with van der Waals surface area (Å²) >= 11 is 3.40. The number of morpholine rings is 1. The SMILES string of the molecule is CC1(C)CN(C(=O)c2ccc(C#N)cn2)CC(CBr)O1. The molecule has 106 valence electrons. The van der Waals surface area contributed by atoms with Gasteiger partial charge in [0.05, 0.1) is 17.3 Å². The highest BCUT2D eigenvalue weighted by molar-refractivity contribution is 9.09. The van der Waals surface area contributed by atoms with Crippen LogP contribution in [0.3, 0.4) is 0 Å². The van der Waals surface area contributed by atoms with Gasteiger partial charge >= 0.3 is 0 Å². The van der Waals surface area contributed by atoms with Crippen LogP contribution < -0.4 is 0 Å². The molecule has 0 saturated carbocycles. The summed E-state index contributed by atoms with van der Waals surface area (Å²) in [6, 6.07) is 5.18. The fraction of sp³-hybridized carbons (Fsp3) is 0.500. The van der Waals surface area contributed by atoms with Crippen molar-refractivity contribution >= 4 is 21.8 Å². The van der Waals surface area contributed by atoms with E-state index >= 15 is 0 Å². The Kier molecular flexibility index (Phi) is 4.41. The predicted molar refractivity (Wildman–Crippen MR) is 77.6 cm³/mol. The monoisotopic (exact) mass is 337 g/mol. The number of aromatic nitrogens is 1. The fourth-order valence-corrected chi connectivity index (χ4v) is 2.62. The van der Waals surface area contributed by atoms with Gasteiger partial charge in [0.2, 0.25) is 0 Å². The zero-order valence-corrected chi connectivity index (χ0v) is 13.1. The van der Waals surface area contributed by atoms with Gasteiger partial charge in [0, 0.05) is 24.6 Å². The molecule has 2 rings (SSSR count). The van der Waals surface area contributed by atoms with Crippen molar-refractivity contribution in [2.24, 2.45) is 0 Å². The van der Waals surface area contributed by atoms with Gasteiger partial charge in [-0.1, -0.05) is 15.9 Å². The molecule has 1 unspecified atom stereocenters. The van der Waals surface area contributed by atoms with Gasteiger partial charge in [0.15, 0.2) is 0 Å². The lowest BCUT2D eigenvalue weighted by Crippen LogP contribution is -2.55. The van der Waals surface area contributed by atoms with E-state index in [-0.39, 0.29) is 17.6 Å². The van der Waals surface area contributed by atoms with E-state index in [1.54, 1.807) is 17.0 Å². The van der Waals surface area contributed by atoms with Gasteiger partial charge in [0.1, 0.15) is 11.8 Å². The zero-order chi connectivity index (χ0) is 14.8. The minimum atomic E-state index is -0.376. The van der Waals surface area contributed by atoms with E-state index in [0.29, 0.717) is 29.7 Å². The smallest absolute Gasteiger partial charge is 0.272 e. The Morgan fingerprint density at radius 1 is 1.65 bits per heavy atom. The second-order valence-electron chi connectivity index (χ2n) is 5.38. The van der Waals surface area contributed by atoms with Gasteiger partial charge in [-0.25, -0.2) is 4.98 Å². The predicted octanol–water partition coefficient (Wildman–Crippen LogP) is 1.97. The van der Waals surface area contributed by atoms with Gasteiger partial charge in [0.25, 0.3) is 5.91 Å². The second-order valence-corrected chi connectivity index (χ2v) is 6.03. The molecule has 1 aliphatic heterocycles. The van der Waals surface area contributed by atoms with E-state index in [1.807, 2.05) is 19.9 Å². The number of nitrogens with zero attached hydrogens (tertiary/aromatic N) is 3. The minimum Gasteiger partial charge on any atom is -0.368 e. The van der Waals surface area contributed by atoms with Crippen LogP contribution in [0.15, 0.2) is 18.3 Å². The first-order valence-electron chi connectivity index (χ1n) is 6.34. The Labute approximate surface area is 126 Å². The summed E-state index contributed by atoms with van der Waals surface area (Å²) in [6.45, 7) is 4.99. The minimum absolute atomic E-state index is 0.0268. The maximum absolute atomic E-state index is 12.5. The fourth-order valence-electron chi connectivity index (χ4n) is 2.28. The molecule has 0 aromatic carbocycles. The van der Waals surface area contributed by atoms with Crippen molar-refractivity contribution in [1.29, 1.82) is 5.26 Å². The van der Waals surface area contributed by atoms with Crippen LogP contribution in [0.25, 0.3) is 0 Å². The molecule has 0 spiro atoms. The standard InChI is InChI=1S/C14H16BrN3O2/c1-14(2)9-18(8-11(5-15)20-14)13(19)12-4-3-10(6-16)7-17-12/h3-4,7,11H,5,8-9H2,1-2H3. The number of hydrogen-bond acceptors (Lipinski definition) is 4. The quantitative estimate of drug-likeness (QED) is 0.774. The topological polar surface area (TPSA) is 66.2 Å². The average Bonchev–Trinajstić information content (AvgIpc) is 2.44. The van der Waals surface area contributed by atoms with Gasteiger partial charge in [-0.05, 0) is 26.0 Å². The largest absolute Gasteiger partial charge is 0.368 e. The van der Waals surface area contributed by atoms with Crippen LogP contribution in [0.2, 0.25) is 0 Å². The highest BCUT2D eigenvalue weighted by Gasteiger charge is 2.35. The first kappa shape index (κ1) is 14.9. The molecule has 1 fully saturated rings. The lowest BCUT2D eigenvalue weighted by molar-refractivity contribution is -0.116. The maximum atomic E-state index is 12.5. The Morgan fingerprint density at radius 3 is 2.95 bits per heavy atom. The molecule has 1 aromatic heterocycles. The molecule has 5 nitrogen and oxygen atoms in total. The third-order valence-electron chi connectivity index (χ3n) is 3.05. The number of hydrogen-bond donors (Lipinski definition) is 0.